The molecule has 0 saturated heterocycles. The Kier molecular flexibility index (Phi) is 4.67. The quantitative estimate of drug-likeness (QED) is 0.405. The van der Waals surface area contributed by atoms with E-state index in [4.69, 9.17) is 11.6 Å². The first-order valence-electron chi connectivity index (χ1n) is 9.23. The molecule has 0 atom stereocenters. The van der Waals surface area contributed by atoms with Crippen molar-refractivity contribution in [1.82, 2.24) is 25.1 Å². The predicted octanol–water partition coefficient (Wildman–Crippen LogP) is 4.17. The van der Waals surface area contributed by atoms with Crippen molar-refractivity contribution >= 4 is 45.0 Å². The van der Waals surface area contributed by atoms with E-state index in [1.165, 1.54) is 42.6 Å². The number of aromatic amines is 1. The van der Waals surface area contributed by atoms with Gasteiger partial charge < -0.3 is 10.3 Å². The minimum Gasteiger partial charge on any atom is -0.329 e. The number of pyridine rings is 1. The molecule has 9 nitrogen and oxygen atoms in total. The highest BCUT2D eigenvalue weighted by Crippen LogP contribution is 2.36. The van der Waals surface area contributed by atoms with Crippen LogP contribution >= 0.6 is 11.6 Å². The van der Waals surface area contributed by atoms with E-state index < -0.39 is 28.9 Å². The first kappa shape index (κ1) is 20.7. The Morgan fingerprint density at radius 2 is 1.91 bits per heavy atom. The summed E-state index contributed by atoms with van der Waals surface area (Å²) in [5.74, 6) is -1.04. The maximum Gasteiger partial charge on any atom is 0.434 e. The third-order valence-electron chi connectivity index (χ3n) is 4.89. The normalized spacial score (nSPS) is 11.9. The molecule has 5 rings (SSSR count). The Balaban J connectivity index is 1.63. The van der Waals surface area contributed by atoms with Crippen molar-refractivity contribution in [2.45, 2.75) is 6.18 Å². The molecule has 0 fully saturated rings. The second kappa shape index (κ2) is 7.45. The molecule has 2 aromatic carbocycles. The highest BCUT2D eigenvalue weighted by molar-refractivity contribution is 6.35. The van der Waals surface area contributed by atoms with E-state index in [-0.39, 0.29) is 27.2 Å². The lowest BCUT2D eigenvalue weighted by Crippen LogP contribution is -2.21. The van der Waals surface area contributed by atoms with Gasteiger partial charge in [0, 0.05) is 17.3 Å². The maximum absolute atomic E-state index is 14.1. The largest absolute Gasteiger partial charge is 0.434 e. The van der Waals surface area contributed by atoms with Crippen molar-refractivity contribution in [1.29, 1.82) is 0 Å². The fraction of sp³-hybridized carbons (Fsp3) is 0.0500. The molecular weight excluding hydrogens is 465 g/mol. The van der Waals surface area contributed by atoms with Gasteiger partial charge in [0.2, 0.25) is 0 Å². The molecule has 33 heavy (non-hydrogen) atoms. The van der Waals surface area contributed by atoms with Gasteiger partial charge in [-0.3, -0.25) is 9.59 Å². The highest BCUT2D eigenvalue weighted by atomic mass is 35.5. The van der Waals surface area contributed by atoms with Crippen molar-refractivity contribution in [3.05, 3.63) is 75.4 Å². The van der Waals surface area contributed by atoms with Crippen molar-refractivity contribution in [2.75, 3.05) is 5.32 Å². The maximum atomic E-state index is 14.1. The second-order valence-corrected chi connectivity index (χ2v) is 7.31. The van der Waals surface area contributed by atoms with E-state index in [0.29, 0.717) is 15.7 Å². The van der Waals surface area contributed by atoms with E-state index in [1.54, 1.807) is 0 Å². The van der Waals surface area contributed by atoms with E-state index in [9.17, 15) is 22.8 Å². The van der Waals surface area contributed by atoms with Gasteiger partial charge >= 0.3 is 6.18 Å². The molecular formula is C20H10ClF3N6O3. The minimum absolute atomic E-state index is 0.000756. The zero-order chi connectivity index (χ0) is 23.3. The summed E-state index contributed by atoms with van der Waals surface area (Å²) in [6.07, 6.45) is -2.86. The number of carbonyl (C=O) groups excluding carboxylic acids is 1. The van der Waals surface area contributed by atoms with Crippen LogP contribution < -0.4 is 10.9 Å². The summed E-state index contributed by atoms with van der Waals surface area (Å²) in [7, 11) is 0. The molecule has 2 N–H and O–H groups in total. The Bertz CT molecular complexity index is 1600. The molecule has 166 valence electrons. The first-order valence-corrected chi connectivity index (χ1v) is 9.61. The molecule has 5 aromatic rings. The summed E-state index contributed by atoms with van der Waals surface area (Å²) in [5, 5.41) is 13.7. The van der Waals surface area contributed by atoms with Crippen LogP contribution in [0.3, 0.4) is 0 Å². The number of hydrogen-bond donors (Lipinski definition) is 2. The fourth-order valence-corrected chi connectivity index (χ4v) is 3.72. The van der Waals surface area contributed by atoms with Gasteiger partial charge in [-0.05, 0) is 46.7 Å². The van der Waals surface area contributed by atoms with E-state index in [1.807, 2.05) is 0 Å². The van der Waals surface area contributed by atoms with Crippen molar-refractivity contribution in [2.24, 2.45) is 0 Å². The number of amides is 1. The molecule has 3 heterocycles. The van der Waals surface area contributed by atoms with Crippen LogP contribution in [-0.2, 0) is 6.18 Å². The second-order valence-electron chi connectivity index (χ2n) is 6.90. The summed E-state index contributed by atoms with van der Waals surface area (Å²) in [6, 6.07) is 8.33. The predicted molar refractivity (Wildman–Crippen MR) is 111 cm³/mol. The highest BCUT2D eigenvalue weighted by Gasteiger charge is 2.41. The Labute approximate surface area is 185 Å². The summed E-state index contributed by atoms with van der Waals surface area (Å²) in [4.78, 5) is 27.4. The average Bonchev–Trinajstić information content (AvgIpc) is 3.40. The van der Waals surface area contributed by atoms with Gasteiger partial charge in [-0.25, -0.2) is 9.31 Å². The lowest BCUT2D eigenvalue weighted by Gasteiger charge is -2.14. The molecule has 0 aliphatic heterocycles. The van der Waals surface area contributed by atoms with Crippen LogP contribution in [0.15, 0.2) is 58.2 Å². The molecule has 0 aliphatic carbocycles. The Morgan fingerprint density at radius 3 is 2.70 bits per heavy atom. The lowest BCUT2D eigenvalue weighted by atomic mass is 10.1. The average molecular weight is 475 g/mol. The van der Waals surface area contributed by atoms with Gasteiger partial charge in [0.1, 0.15) is 11.0 Å². The van der Waals surface area contributed by atoms with Crippen molar-refractivity contribution in [3.63, 3.8) is 0 Å². The zero-order valence-corrected chi connectivity index (χ0v) is 16.9. The molecule has 3 aromatic heterocycles. The first-order chi connectivity index (χ1) is 15.7. The standard InChI is InChI=1S/C20H10ClF3N6O3/c21-12-2-4-15(10-5-6-25-19(32)16(10)12)30-17(20(22,23)24)11(8-26-30)18(31)27-9-1-3-13-14(7-9)29-33-28-13/h1-8H,(H,25,32)(H,27,31). The third-order valence-corrected chi connectivity index (χ3v) is 5.20. The third kappa shape index (κ3) is 3.49. The molecule has 1 amide bonds. The number of carbonyl (C=O) groups is 1. The van der Waals surface area contributed by atoms with E-state index >= 15 is 0 Å². The van der Waals surface area contributed by atoms with Crippen LogP contribution in [0.2, 0.25) is 5.02 Å². The molecule has 13 heteroatoms. The number of nitrogens with one attached hydrogen (secondary N) is 2. The van der Waals surface area contributed by atoms with E-state index in [2.05, 4.69) is 30.3 Å². The molecule has 0 spiro atoms. The minimum atomic E-state index is -4.95. The van der Waals surface area contributed by atoms with Crippen LogP contribution in [-0.4, -0.2) is 31.0 Å². The SMILES string of the molecule is O=C(Nc1ccc2nonc2c1)c1cnn(-c2ccc(Cl)c3c(=O)[nH]ccc23)c1C(F)(F)F. The summed E-state index contributed by atoms with van der Waals surface area (Å²) in [6.45, 7) is 0. The number of alkyl halides is 3. The van der Waals surface area contributed by atoms with Crippen molar-refractivity contribution in [3.8, 4) is 5.69 Å². The lowest BCUT2D eigenvalue weighted by molar-refractivity contribution is -0.143. The van der Waals surface area contributed by atoms with E-state index in [0.717, 1.165) is 6.20 Å². The van der Waals surface area contributed by atoms with Gasteiger partial charge in [-0.15, -0.1) is 0 Å². The Hall–Kier alpha value is -4.19. The van der Waals surface area contributed by atoms with Crippen molar-refractivity contribution < 1.29 is 22.6 Å². The van der Waals surface area contributed by atoms with Crippen LogP contribution in [0.1, 0.15) is 16.1 Å². The number of H-pyrrole nitrogens is 1. The summed E-state index contributed by atoms with van der Waals surface area (Å²) in [5.41, 5.74) is -1.74. The number of benzene rings is 2. The Morgan fingerprint density at radius 1 is 1.12 bits per heavy atom. The number of nitrogens with zero attached hydrogens (tertiary/aromatic N) is 4. The van der Waals surface area contributed by atoms with Gasteiger partial charge in [0.25, 0.3) is 11.5 Å². The van der Waals surface area contributed by atoms with Crippen LogP contribution in [0.5, 0.6) is 0 Å². The van der Waals surface area contributed by atoms with Gasteiger partial charge in [0.05, 0.1) is 27.9 Å². The molecule has 0 saturated carbocycles. The summed E-state index contributed by atoms with van der Waals surface area (Å²) < 4.78 is 47.4. The molecule has 0 radical (unpaired) electrons. The molecule has 0 aliphatic rings. The number of anilines is 1. The smallest absolute Gasteiger partial charge is 0.329 e. The van der Waals surface area contributed by atoms with Crippen LogP contribution in [0.4, 0.5) is 18.9 Å². The number of aromatic nitrogens is 5. The van der Waals surface area contributed by atoms with Crippen LogP contribution in [0.25, 0.3) is 27.5 Å². The van der Waals surface area contributed by atoms with Crippen LogP contribution in [0, 0.1) is 0 Å². The van der Waals surface area contributed by atoms with Gasteiger partial charge in [0.15, 0.2) is 5.69 Å². The number of rotatable bonds is 3. The monoisotopic (exact) mass is 474 g/mol. The van der Waals surface area contributed by atoms with Gasteiger partial charge in [-0.1, -0.05) is 11.6 Å². The van der Waals surface area contributed by atoms with Gasteiger partial charge in [-0.2, -0.15) is 18.3 Å². The summed E-state index contributed by atoms with van der Waals surface area (Å²) >= 11 is 6.08. The molecule has 0 unspecified atom stereocenters. The number of fused-ring (bicyclic) bond motifs is 2. The number of halogens is 4. The topological polar surface area (TPSA) is 119 Å². The number of hydrogen-bond acceptors (Lipinski definition) is 6. The zero-order valence-electron chi connectivity index (χ0n) is 16.1. The fourth-order valence-electron chi connectivity index (χ4n) is 3.47. The molecule has 0 bridgehead atoms.